The van der Waals surface area contributed by atoms with Crippen molar-refractivity contribution >= 4 is 34.1 Å². The fraction of sp³-hybridized carbons (Fsp3) is 0.105. The number of aromatic amines is 1. The van der Waals surface area contributed by atoms with E-state index in [1.807, 2.05) is 6.92 Å². The molecule has 6 nitrogen and oxygen atoms in total. The molecule has 0 radical (unpaired) electrons. The Morgan fingerprint density at radius 1 is 1.30 bits per heavy atom. The van der Waals surface area contributed by atoms with Gasteiger partial charge in [-0.15, -0.1) is 0 Å². The van der Waals surface area contributed by atoms with E-state index in [9.17, 15) is 9.18 Å². The first-order valence-electron chi connectivity index (χ1n) is 8.22. The van der Waals surface area contributed by atoms with Gasteiger partial charge in [0.2, 0.25) is 5.91 Å². The van der Waals surface area contributed by atoms with Gasteiger partial charge in [-0.25, -0.2) is 14.1 Å². The predicted octanol–water partition coefficient (Wildman–Crippen LogP) is 4.03. The number of fused-ring (bicyclic) bond motifs is 1. The molecule has 1 amide bonds. The minimum atomic E-state index is -0.341. The van der Waals surface area contributed by atoms with Gasteiger partial charge in [0.1, 0.15) is 18.5 Å². The van der Waals surface area contributed by atoms with Crippen molar-refractivity contribution in [1.29, 1.82) is 0 Å². The van der Waals surface area contributed by atoms with E-state index < -0.39 is 0 Å². The van der Waals surface area contributed by atoms with Gasteiger partial charge in [0.25, 0.3) is 0 Å². The van der Waals surface area contributed by atoms with Crippen LogP contribution >= 0.6 is 11.6 Å². The summed E-state index contributed by atoms with van der Waals surface area (Å²) in [4.78, 5) is 19.8. The molecule has 4 aromatic rings. The van der Waals surface area contributed by atoms with Crippen molar-refractivity contribution in [2.45, 2.75) is 13.3 Å². The van der Waals surface area contributed by atoms with E-state index in [0.717, 1.165) is 16.8 Å². The fourth-order valence-electron chi connectivity index (χ4n) is 3.08. The number of amides is 1. The van der Waals surface area contributed by atoms with Gasteiger partial charge in [-0.05, 0) is 48.9 Å². The summed E-state index contributed by atoms with van der Waals surface area (Å²) in [6, 6.07) is 9.59. The van der Waals surface area contributed by atoms with Crippen LogP contribution in [0.5, 0.6) is 0 Å². The summed E-state index contributed by atoms with van der Waals surface area (Å²) in [5.74, 6) is -0.585. The fourth-order valence-corrected chi connectivity index (χ4v) is 3.25. The van der Waals surface area contributed by atoms with Gasteiger partial charge < -0.3 is 10.3 Å². The van der Waals surface area contributed by atoms with E-state index in [2.05, 4.69) is 20.4 Å². The maximum absolute atomic E-state index is 13.6. The second-order valence-electron chi connectivity index (χ2n) is 6.14. The van der Waals surface area contributed by atoms with Crippen molar-refractivity contribution < 1.29 is 9.18 Å². The van der Waals surface area contributed by atoms with Crippen molar-refractivity contribution in [3.8, 4) is 5.69 Å². The van der Waals surface area contributed by atoms with Crippen LogP contribution in [0.3, 0.4) is 0 Å². The predicted molar refractivity (Wildman–Crippen MR) is 102 cm³/mol. The minimum Gasteiger partial charge on any atom is -0.358 e. The lowest BCUT2D eigenvalue weighted by Gasteiger charge is -2.11. The number of rotatable bonds is 4. The quantitative estimate of drug-likeness (QED) is 0.558. The van der Waals surface area contributed by atoms with Crippen LogP contribution in [0.25, 0.3) is 16.6 Å². The molecule has 0 spiro atoms. The standard InChI is InChI=1S/C19H15ClFN5O/c1-11-14(15-7-13(21)3-4-16(15)24-11)8-19(27)25-17-6-12(20)2-5-18(17)26-10-22-9-23-26/h2-7,9-10,24H,8H2,1H3,(H,25,27). The Kier molecular flexibility index (Phi) is 4.37. The number of aryl methyl sites for hydroxylation is 1. The Labute approximate surface area is 159 Å². The number of anilines is 1. The summed E-state index contributed by atoms with van der Waals surface area (Å²) in [6.07, 6.45) is 3.04. The first kappa shape index (κ1) is 17.2. The highest BCUT2D eigenvalue weighted by molar-refractivity contribution is 6.31. The van der Waals surface area contributed by atoms with Crippen molar-refractivity contribution in [3.63, 3.8) is 0 Å². The highest BCUT2D eigenvalue weighted by atomic mass is 35.5. The summed E-state index contributed by atoms with van der Waals surface area (Å²) in [5, 5.41) is 8.14. The molecule has 0 saturated heterocycles. The molecule has 2 aromatic carbocycles. The normalized spacial score (nSPS) is 11.1. The lowest BCUT2D eigenvalue weighted by Crippen LogP contribution is -2.16. The van der Waals surface area contributed by atoms with Gasteiger partial charge in [0.05, 0.1) is 17.8 Å². The molecule has 0 aliphatic heterocycles. The molecule has 0 bridgehead atoms. The molecule has 27 heavy (non-hydrogen) atoms. The third-order valence-corrected chi connectivity index (χ3v) is 4.55. The number of carbonyl (C=O) groups excluding carboxylic acids is 1. The van der Waals surface area contributed by atoms with Gasteiger partial charge in [-0.1, -0.05) is 11.6 Å². The lowest BCUT2D eigenvalue weighted by atomic mass is 10.1. The van der Waals surface area contributed by atoms with E-state index in [4.69, 9.17) is 11.6 Å². The van der Waals surface area contributed by atoms with Gasteiger partial charge >= 0.3 is 0 Å². The molecule has 136 valence electrons. The van der Waals surface area contributed by atoms with Crippen molar-refractivity contribution in [2.75, 3.05) is 5.32 Å². The largest absolute Gasteiger partial charge is 0.358 e. The number of hydrogen-bond donors (Lipinski definition) is 2. The maximum Gasteiger partial charge on any atom is 0.228 e. The van der Waals surface area contributed by atoms with Gasteiger partial charge in [0, 0.05) is 21.6 Å². The number of nitrogens with zero attached hydrogens (tertiary/aromatic N) is 3. The Bertz CT molecular complexity index is 1140. The van der Waals surface area contributed by atoms with Gasteiger partial charge in [-0.2, -0.15) is 5.10 Å². The highest BCUT2D eigenvalue weighted by Crippen LogP contribution is 2.26. The minimum absolute atomic E-state index is 0.0958. The molecule has 4 rings (SSSR count). The zero-order chi connectivity index (χ0) is 19.0. The van der Waals surface area contributed by atoms with Crippen molar-refractivity contribution in [3.05, 3.63) is 71.2 Å². The molecule has 2 N–H and O–H groups in total. The van der Waals surface area contributed by atoms with E-state index in [-0.39, 0.29) is 18.1 Å². The zero-order valence-electron chi connectivity index (χ0n) is 14.3. The van der Waals surface area contributed by atoms with Crippen LogP contribution in [0.2, 0.25) is 5.02 Å². The van der Waals surface area contributed by atoms with Crippen molar-refractivity contribution in [2.24, 2.45) is 0 Å². The summed E-state index contributed by atoms with van der Waals surface area (Å²) >= 11 is 6.08. The third kappa shape index (κ3) is 3.41. The molecule has 2 aromatic heterocycles. The molecule has 0 fully saturated rings. The van der Waals surface area contributed by atoms with Gasteiger partial charge in [0.15, 0.2) is 0 Å². The van der Waals surface area contributed by atoms with Crippen LogP contribution < -0.4 is 5.32 Å². The molecular weight excluding hydrogens is 369 g/mol. The molecule has 0 atom stereocenters. The average Bonchev–Trinajstić information content (AvgIpc) is 3.24. The molecule has 0 saturated carbocycles. The third-order valence-electron chi connectivity index (χ3n) is 4.32. The zero-order valence-corrected chi connectivity index (χ0v) is 15.1. The van der Waals surface area contributed by atoms with Crippen LogP contribution in [0.15, 0.2) is 49.1 Å². The molecule has 8 heteroatoms. The molecule has 0 aliphatic rings. The first-order chi connectivity index (χ1) is 13.0. The first-order valence-corrected chi connectivity index (χ1v) is 8.60. The number of H-pyrrole nitrogens is 1. The SMILES string of the molecule is Cc1[nH]c2ccc(F)cc2c1CC(=O)Nc1cc(Cl)ccc1-n1cncn1. The van der Waals surface area contributed by atoms with Crippen LogP contribution in [-0.2, 0) is 11.2 Å². The second-order valence-corrected chi connectivity index (χ2v) is 6.58. The molecule has 0 aliphatic carbocycles. The average molecular weight is 384 g/mol. The summed E-state index contributed by atoms with van der Waals surface area (Å²) in [5.41, 5.74) is 3.54. The highest BCUT2D eigenvalue weighted by Gasteiger charge is 2.15. The van der Waals surface area contributed by atoms with Crippen LogP contribution in [-0.4, -0.2) is 25.7 Å². The van der Waals surface area contributed by atoms with E-state index in [1.54, 1.807) is 24.3 Å². The summed E-state index contributed by atoms with van der Waals surface area (Å²) in [6.45, 7) is 1.86. The number of halogens is 2. The maximum atomic E-state index is 13.6. The topological polar surface area (TPSA) is 75.6 Å². The summed E-state index contributed by atoms with van der Waals surface area (Å²) in [7, 11) is 0. The Hall–Kier alpha value is -3.19. The molecular formula is C19H15ClFN5O. The molecule has 2 heterocycles. The van der Waals surface area contributed by atoms with Gasteiger partial charge in [-0.3, -0.25) is 4.79 Å². The smallest absolute Gasteiger partial charge is 0.228 e. The number of benzene rings is 2. The Morgan fingerprint density at radius 2 is 2.15 bits per heavy atom. The lowest BCUT2D eigenvalue weighted by molar-refractivity contribution is -0.115. The van der Waals surface area contributed by atoms with Crippen molar-refractivity contribution in [1.82, 2.24) is 19.7 Å². The number of aromatic nitrogens is 4. The number of nitrogens with one attached hydrogen (secondary N) is 2. The Balaban J connectivity index is 1.64. The van der Waals surface area contributed by atoms with Crippen LogP contribution in [0.1, 0.15) is 11.3 Å². The van der Waals surface area contributed by atoms with Crippen LogP contribution in [0.4, 0.5) is 10.1 Å². The summed E-state index contributed by atoms with van der Waals surface area (Å²) < 4.78 is 15.2. The molecule has 0 unspecified atom stereocenters. The van der Waals surface area contributed by atoms with E-state index in [0.29, 0.717) is 21.8 Å². The second kappa shape index (κ2) is 6.85. The van der Waals surface area contributed by atoms with Crippen LogP contribution in [0, 0.1) is 12.7 Å². The number of hydrogen-bond acceptors (Lipinski definition) is 3. The number of carbonyl (C=O) groups is 1. The Morgan fingerprint density at radius 3 is 2.93 bits per heavy atom. The van der Waals surface area contributed by atoms with E-state index in [1.165, 1.54) is 29.5 Å². The monoisotopic (exact) mass is 383 g/mol. The van der Waals surface area contributed by atoms with E-state index >= 15 is 0 Å².